The summed E-state index contributed by atoms with van der Waals surface area (Å²) in [7, 11) is 1.57. The first-order chi connectivity index (χ1) is 13.5. The molecule has 0 bridgehead atoms. The molecule has 1 fully saturated rings. The van der Waals surface area contributed by atoms with Gasteiger partial charge in [0.25, 0.3) is 11.8 Å². The van der Waals surface area contributed by atoms with Gasteiger partial charge in [-0.25, -0.2) is 0 Å². The standard InChI is InChI=1S/C21H21N3O4/c1-3-23-19(26)16-6-4-5-7-17(16)24-18(25)12-13-21(23,24)20(27)22-14-8-10-15(28-2)11-9-14/h4-11H,3,12-13H2,1-2H3,(H,22,27)/t21-/m1/s1. The lowest BCUT2D eigenvalue weighted by molar-refractivity contribution is -0.128. The number of nitrogens with one attached hydrogen (secondary N) is 1. The fourth-order valence-electron chi connectivity index (χ4n) is 4.11. The molecule has 0 aromatic heterocycles. The van der Waals surface area contributed by atoms with E-state index >= 15 is 0 Å². The van der Waals surface area contributed by atoms with Crippen LogP contribution in [0.4, 0.5) is 11.4 Å². The minimum absolute atomic E-state index is 0.164. The summed E-state index contributed by atoms with van der Waals surface area (Å²) in [6.45, 7) is 2.13. The Hall–Kier alpha value is -3.35. The molecule has 2 heterocycles. The number of fused-ring (bicyclic) bond motifs is 3. The third-order valence-corrected chi connectivity index (χ3v) is 5.40. The second kappa shape index (κ2) is 6.67. The van der Waals surface area contributed by atoms with E-state index in [1.165, 1.54) is 9.80 Å². The Morgan fingerprint density at radius 3 is 2.54 bits per heavy atom. The Balaban J connectivity index is 1.78. The van der Waals surface area contributed by atoms with Crippen LogP contribution < -0.4 is 15.0 Å². The van der Waals surface area contributed by atoms with Crippen LogP contribution in [0.3, 0.4) is 0 Å². The van der Waals surface area contributed by atoms with E-state index in [-0.39, 0.29) is 24.7 Å². The molecule has 1 saturated heterocycles. The van der Waals surface area contributed by atoms with Crippen molar-refractivity contribution in [3.05, 3.63) is 54.1 Å². The summed E-state index contributed by atoms with van der Waals surface area (Å²) in [4.78, 5) is 42.4. The molecule has 2 aliphatic heterocycles. The summed E-state index contributed by atoms with van der Waals surface area (Å²) in [5.74, 6) is -0.128. The summed E-state index contributed by atoms with van der Waals surface area (Å²) in [5.41, 5.74) is 0.135. The molecule has 0 radical (unpaired) electrons. The van der Waals surface area contributed by atoms with E-state index in [4.69, 9.17) is 4.74 Å². The van der Waals surface area contributed by atoms with Gasteiger partial charge in [-0.05, 0) is 43.3 Å². The van der Waals surface area contributed by atoms with Crippen molar-refractivity contribution in [1.29, 1.82) is 0 Å². The Morgan fingerprint density at radius 1 is 1.14 bits per heavy atom. The molecule has 7 heteroatoms. The third kappa shape index (κ3) is 2.46. The molecule has 0 unspecified atom stereocenters. The first-order valence-corrected chi connectivity index (χ1v) is 9.22. The van der Waals surface area contributed by atoms with Gasteiger partial charge in [-0.3, -0.25) is 19.3 Å². The van der Waals surface area contributed by atoms with Crippen LogP contribution in [0.2, 0.25) is 0 Å². The predicted octanol–water partition coefficient (Wildman–Crippen LogP) is 2.63. The van der Waals surface area contributed by atoms with E-state index in [1.54, 1.807) is 55.6 Å². The number of para-hydroxylation sites is 1. The zero-order chi connectivity index (χ0) is 19.9. The van der Waals surface area contributed by atoms with Gasteiger partial charge < -0.3 is 15.0 Å². The number of rotatable bonds is 4. The van der Waals surface area contributed by atoms with E-state index in [9.17, 15) is 14.4 Å². The van der Waals surface area contributed by atoms with Gasteiger partial charge in [0.1, 0.15) is 5.75 Å². The highest BCUT2D eigenvalue weighted by atomic mass is 16.5. The highest BCUT2D eigenvalue weighted by Crippen LogP contribution is 2.44. The van der Waals surface area contributed by atoms with Crippen LogP contribution in [-0.4, -0.2) is 41.9 Å². The number of carbonyl (C=O) groups excluding carboxylic acids is 3. The smallest absolute Gasteiger partial charge is 0.271 e. The van der Waals surface area contributed by atoms with Gasteiger partial charge in [0.05, 0.1) is 18.4 Å². The molecule has 2 aliphatic rings. The number of anilines is 2. The molecule has 28 heavy (non-hydrogen) atoms. The molecule has 144 valence electrons. The third-order valence-electron chi connectivity index (χ3n) is 5.40. The average Bonchev–Trinajstić information content (AvgIpc) is 3.07. The molecule has 7 nitrogen and oxygen atoms in total. The first kappa shape index (κ1) is 18.0. The normalized spacial score (nSPS) is 20.6. The number of likely N-dealkylation sites (N-methyl/N-ethyl adjacent to an activating group) is 1. The SMILES string of the molecule is CCN1C(=O)c2ccccc2N2C(=O)CC[C@@]12C(=O)Nc1ccc(OC)cc1. The van der Waals surface area contributed by atoms with Crippen LogP contribution in [0.15, 0.2) is 48.5 Å². The van der Waals surface area contributed by atoms with E-state index in [0.717, 1.165) is 0 Å². The van der Waals surface area contributed by atoms with Gasteiger partial charge in [-0.15, -0.1) is 0 Å². The lowest BCUT2D eigenvalue weighted by atomic mass is 9.95. The Morgan fingerprint density at radius 2 is 1.86 bits per heavy atom. The highest BCUT2D eigenvalue weighted by Gasteiger charge is 2.60. The molecule has 0 saturated carbocycles. The fraction of sp³-hybridized carbons (Fsp3) is 0.286. The quantitative estimate of drug-likeness (QED) is 0.886. The van der Waals surface area contributed by atoms with Crippen molar-refractivity contribution in [2.45, 2.75) is 25.4 Å². The van der Waals surface area contributed by atoms with E-state index in [2.05, 4.69) is 5.32 Å². The van der Waals surface area contributed by atoms with E-state index in [0.29, 0.717) is 29.2 Å². The van der Waals surface area contributed by atoms with Crippen molar-refractivity contribution in [2.75, 3.05) is 23.9 Å². The number of methoxy groups -OCH3 is 1. The second-order valence-corrected chi connectivity index (χ2v) is 6.79. The van der Waals surface area contributed by atoms with Crippen LogP contribution in [0.25, 0.3) is 0 Å². The fourth-order valence-corrected chi connectivity index (χ4v) is 4.11. The minimum Gasteiger partial charge on any atom is -0.497 e. The molecule has 0 spiro atoms. The van der Waals surface area contributed by atoms with Crippen LogP contribution in [-0.2, 0) is 9.59 Å². The zero-order valence-corrected chi connectivity index (χ0v) is 15.8. The number of hydrogen-bond donors (Lipinski definition) is 1. The van der Waals surface area contributed by atoms with Crippen molar-refractivity contribution in [3.8, 4) is 5.75 Å². The van der Waals surface area contributed by atoms with Gasteiger partial charge in [0.15, 0.2) is 0 Å². The number of nitrogens with zero attached hydrogens (tertiary/aromatic N) is 2. The maximum atomic E-state index is 13.5. The molecular formula is C21H21N3O4. The largest absolute Gasteiger partial charge is 0.497 e. The lowest BCUT2D eigenvalue weighted by Gasteiger charge is -2.48. The monoisotopic (exact) mass is 379 g/mol. The average molecular weight is 379 g/mol. The predicted molar refractivity (Wildman–Crippen MR) is 104 cm³/mol. The molecule has 1 atom stereocenters. The van der Waals surface area contributed by atoms with Gasteiger partial charge >= 0.3 is 0 Å². The molecule has 3 amide bonds. The van der Waals surface area contributed by atoms with Gasteiger partial charge in [-0.1, -0.05) is 12.1 Å². The second-order valence-electron chi connectivity index (χ2n) is 6.79. The van der Waals surface area contributed by atoms with Crippen molar-refractivity contribution in [3.63, 3.8) is 0 Å². The number of ether oxygens (including phenoxy) is 1. The van der Waals surface area contributed by atoms with Crippen molar-refractivity contribution >= 4 is 29.1 Å². The molecule has 2 aromatic rings. The van der Waals surface area contributed by atoms with Gasteiger partial charge in [-0.2, -0.15) is 0 Å². The Labute approximate surface area is 162 Å². The van der Waals surface area contributed by atoms with Crippen LogP contribution in [0, 0.1) is 0 Å². The molecule has 1 N–H and O–H groups in total. The molecule has 2 aromatic carbocycles. The number of amides is 3. The highest BCUT2D eigenvalue weighted by molar-refractivity contribution is 6.18. The van der Waals surface area contributed by atoms with Crippen LogP contribution >= 0.6 is 0 Å². The van der Waals surface area contributed by atoms with E-state index in [1.807, 2.05) is 6.92 Å². The summed E-state index contributed by atoms with van der Waals surface area (Å²) >= 11 is 0. The number of benzene rings is 2. The summed E-state index contributed by atoms with van der Waals surface area (Å²) in [5, 5.41) is 2.88. The Bertz CT molecular complexity index is 956. The lowest BCUT2D eigenvalue weighted by Crippen LogP contribution is -2.69. The molecule has 0 aliphatic carbocycles. The van der Waals surface area contributed by atoms with E-state index < -0.39 is 11.6 Å². The summed E-state index contributed by atoms with van der Waals surface area (Å²) in [6, 6.07) is 13.9. The zero-order valence-electron chi connectivity index (χ0n) is 15.8. The topological polar surface area (TPSA) is 79.0 Å². The van der Waals surface area contributed by atoms with Crippen LogP contribution in [0.1, 0.15) is 30.1 Å². The molecular weight excluding hydrogens is 358 g/mol. The summed E-state index contributed by atoms with van der Waals surface area (Å²) in [6.07, 6.45) is 0.454. The summed E-state index contributed by atoms with van der Waals surface area (Å²) < 4.78 is 5.14. The number of carbonyl (C=O) groups is 3. The van der Waals surface area contributed by atoms with Crippen LogP contribution in [0.5, 0.6) is 5.75 Å². The minimum atomic E-state index is -1.36. The van der Waals surface area contributed by atoms with Gasteiger partial charge in [0.2, 0.25) is 11.6 Å². The molecule has 4 rings (SSSR count). The first-order valence-electron chi connectivity index (χ1n) is 9.22. The van der Waals surface area contributed by atoms with Crippen molar-refractivity contribution in [2.24, 2.45) is 0 Å². The van der Waals surface area contributed by atoms with Gasteiger partial charge in [0, 0.05) is 25.1 Å². The number of hydrogen-bond acceptors (Lipinski definition) is 4. The maximum absolute atomic E-state index is 13.5. The van der Waals surface area contributed by atoms with Crippen molar-refractivity contribution < 1.29 is 19.1 Å². The Kier molecular flexibility index (Phi) is 4.30. The maximum Gasteiger partial charge on any atom is 0.271 e. The van der Waals surface area contributed by atoms with Crippen molar-refractivity contribution in [1.82, 2.24) is 4.90 Å².